The first kappa shape index (κ1) is 16.2. The first-order valence-electron chi connectivity index (χ1n) is 8.39. The molecular formula is C19H26N2O2. The van der Waals surface area contributed by atoms with Crippen molar-refractivity contribution >= 4 is 0 Å². The molecule has 2 unspecified atom stereocenters. The second-order valence-corrected chi connectivity index (χ2v) is 6.71. The van der Waals surface area contributed by atoms with E-state index in [2.05, 4.69) is 44.0 Å². The van der Waals surface area contributed by atoms with Crippen molar-refractivity contribution in [2.45, 2.75) is 58.5 Å². The fourth-order valence-corrected chi connectivity index (χ4v) is 3.37. The number of ether oxygens (including phenoxy) is 2. The van der Waals surface area contributed by atoms with Crippen LogP contribution in [0.2, 0.25) is 0 Å². The topological polar surface area (TPSA) is 36.3 Å². The standard InChI is InChI=1S/C19H26N2O2/c1-15-10-16(2)12-18(11-15)4-6-19(13-21-8-7-20-14-21)22-9-5-17(3)23-19/h7-8,10-12,14,17H,4-6,9,13H2,1-3H3. The fourth-order valence-electron chi connectivity index (χ4n) is 3.37. The predicted molar refractivity (Wildman–Crippen MR) is 90.3 cm³/mol. The van der Waals surface area contributed by atoms with Gasteiger partial charge >= 0.3 is 0 Å². The average Bonchev–Trinajstić information content (AvgIpc) is 2.97. The highest BCUT2D eigenvalue weighted by molar-refractivity contribution is 5.28. The summed E-state index contributed by atoms with van der Waals surface area (Å²) in [6.07, 6.45) is 8.56. The Bertz CT molecular complexity index is 619. The van der Waals surface area contributed by atoms with Crippen LogP contribution in [0.1, 0.15) is 36.5 Å². The molecule has 3 rings (SSSR count). The number of nitrogens with zero attached hydrogens (tertiary/aromatic N) is 2. The van der Waals surface area contributed by atoms with E-state index >= 15 is 0 Å². The van der Waals surface area contributed by atoms with E-state index < -0.39 is 5.79 Å². The summed E-state index contributed by atoms with van der Waals surface area (Å²) in [4.78, 5) is 4.13. The molecule has 23 heavy (non-hydrogen) atoms. The Hall–Kier alpha value is -1.65. The lowest BCUT2D eigenvalue weighted by atomic mass is 9.99. The van der Waals surface area contributed by atoms with Gasteiger partial charge < -0.3 is 14.0 Å². The third-order valence-corrected chi connectivity index (χ3v) is 4.36. The minimum atomic E-state index is -0.560. The molecule has 2 atom stereocenters. The third kappa shape index (κ3) is 4.21. The van der Waals surface area contributed by atoms with Crippen molar-refractivity contribution in [2.75, 3.05) is 6.61 Å². The second-order valence-electron chi connectivity index (χ2n) is 6.71. The van der Waals surface area contributed by atoms with Crippen molar-refractivity contribution < 1.29 is 9.47 Å². The lowest BCUT2D eigenvalue weighted by Crippen LogP contribution is -2.47. The molecule has 0 aliphatic carbocycles. The zero-order valence-corrected chi connectivity index (χ0v) is 14.3. The number of hydrogen-bond donors (Lipinski definition) is 0. The number of benzene rings is 1. The predicted octanol–water partition coefficient (Wildman–Crippen LogP) is 3.65. The van der Waals surface area contributed by atoms with E-state index in [-0.39, 0.29) is 6.10 Å². The average molecular weight is 314 g/mol. The summed E-state index contributed by atoms with van der Waals surface area (Å²) in [5.41, 5.74) is 3.96. The van der Waals surface area contributed by atoms with Gasteiger partial charge in [-0.3, -0.25) is 0 Å². The molecule has 1 saturated heterocycles. The van der Waals surface area contributed by atoms with Crippen LogP contribution in [0.5, 0.6) is 0 Å². The van der Waals surface area contributed by atoms with Crippen molar-refractivity contribution in [2.24, 2.45) is 0 Å². The Morgan fingerprint density at radius 3 is 2.70 bits per heavy atom. The largest absolute Gasteiger partial charge is 0.348 e. The van der Waals surface area contributed by atoms with Crippen molar-refractivity contribution in [3.63, 3.8) is 0 Å². The van der Waals surface area contributed by atoms with Crippen LogP contribution >= 0.6 is 0 Å². The van der Waals surface area contributed by atoms with Gasteiger partial charge in [0.15, 0.2) is 5.79 Å². The minimum Gasteiger partial charge on any atom is -0.348 e. The summed E-state index contributed by atoms with van der Waals surface area (Å²) in [5.74, 6) is -0.560. The van der Waals surface area contributed by atoms with Crippen LogP contribution < -0.4 is 0 Å². The normalized spacial score (nSPS) is 24.7. The number of aromatic nitrogens is 2. The van der Waals surface area contributed by atoms with Gasteiger partial charge in [-0.2, -0.15) is 0 Å². The second kappa shape index (κ2) is 6.85. The van der Waals surface area contributed by atoms with E-state index in [4.69, 9.17) is 9.47 Å². The van der Waals surface area contributed by atoms with Crippen molar-refractivity contribution in [1.82, 2.24) is 9.55 Å². The lowest BCUT2D eigenvalue weighted by molar-refractivity contribution is -0.298. The van der Waals surface area contributed by atoms with Gasteiger partial charge in [0.2, 0.25) is 0 Å². The van der Waals surface area contributed by atoms with E-state index in [1.54, 1.807) is 6.20 Å². The van der Waals surface area contributed by atoms with E-state index in [0.717, 1.165) is 25.9 Å². The van der Waals surface area contributed by atoms with Gasteiger partial charge in [0, 0.05) is 18.8 Å². The van der Waals surface area contributed by atoms with E-state index in [1.807, 2.05) is 17.1 Å². The van der Waals surface area contributed by atoms with Gasteiger partial charge in [-0.1, -0.05) is 29.3 Å². The first-order valence-corrected chi connectivity index (χ1v) is 8.39. The molecule has 1 aliphatic heterocycles. The van der Waals surface area contributed by atoms with Crippen LogP contribution in [-0.4, -0.2) is 28.0 Å². The molecule has 2 aromatic rings. The molecule has 0 saturated carbocycles. The quantitative estimate of drug-likeness (QED) is 0.845. The molecule has 1 aromatic carbocycles. The number of aryl methyl sites for hydroxylation is 3. The van der Waals surface area contributed by atoms with E-state index in [9.17, 15) is 0 Å². The number of imidazole rings is 1. The van der Waals surface area contributed by atoms with Gasteiger partial charge in [0.1, 0.15) is 0 Å². The molecule has 1 fully saturated rings. The zero-order chi connectivity index (χ0) is 16.3. The maximum Gasteiger partial charge on any atom is 0.186 e. The lowest BCUT2D eigenvalue weighted by Gasteiger charge is -2.40. The molecular weight excluding hydrogens is 288 g/mol. The van der Waals surface area contributed by atoms with Crippen molar-refractivity contribution in [3.05, 3.63) is 53.6 Å². The van der Waals surface area contributed by atoms with Gasteiger partial charge in [-0.25, -0.2) is 4.98 Å². The smallest absolute Gasteiger partial charge is 0.186 e. The molecule has 1 aromatic heterocycles. The summed E-state index contributed by atoms with van der Waals surface area (Å²) >= 11 is 0. The van der Waals surface area contributed by atoms with Gasteiger partial charge in [-0.05, 0) is 39.2 Å². The Kier molecular flexibility index (Phi) is 4.83. The Morgan fingerprint density at radius 2 is 2.04 bits per heavy atom. The molecule has 0 amide bonds. The molecule has 4 heteroatoms. The highest BCUT2D eigenvalue weighted by atomic mass is 16.7. The van der Waals surface area contributed by atoms with E-state index in [1.165, 1.54) is 16.7 Å². The maximum atomic E-state index is 6.26. The fraction of sp³-hybridized carbons (Fsp3) is 0.526. The highest BCUT2D eigenvalue weighted by Crippen LogP contribution is 2.30. The molecule has 0 spiro atoms. The Balaban J connectivity index is 1.75. The van der Waals surface area contributed by atoms with Gasteiger partial charge in [-0.15, -0.1) is 0 Å². The summed E-state index contributed by atoms with van der Waals surface area (Å²) in [5, 5.41) is 0. The van der Waals surface area contributed by atoms with Crippen LogP contribution in [0.15, 0.2) is 36.9 Å². The van der Waals surface area contributed by atoms with Gasteiger partial charge in [0.25, 0.3) is 0 Å². The number of hydrogen-bond acceptors (Lipinski definition) is 3. The molecule has 0 bridgehead atoms. The summed E-state index contributed by atoms with van der Waals surface area (Å²) in [6.45, 7) is 7.85. The maximum absolute atomic E-state index is 6.26. The molecule has 0 radical (unpaired) electrons. The van der Waals surface area contributed by atoms with Crippen LogP contribution in [0.3, 0.4) is 0 Å². The SMILES string of the molecule is Cc1cc(C)cc(CCC2(Cn3ccnc3)OCCC(C)O2)c1. The Morgan fingerprint density at radius 1 is 1.26 bits per heavy atom. The molecule has 2 heterocycles. The molecule has 124 valence electrons. The van der Waals surface area contributed by atoms with Crippen LogP contribution in [0, 0.1) is 13.8 Å². The Labute approximate surface area is 138 Å². The van der Waals surface area contributed by atoms with Crippen molar-refractivity contribution in [3.8, 4) is 0 Å². The van der Waals surface area contributed by atoms with Crippen molar-refractivity contribution in [1.29, 1.82) is 0 Å². The number of rotatable bonds is 5. The van der Waals surface area contributed by atoms with Gasteiger partial charge in [0.05, 0.1) is 25.6 Å². The minimum absolute atomic E-state index is 0.228. The summed E-state index contributed by atoms with van der Waals surface area (Å²) in [7, 11) is 0. The monoisotopic (exact) mass is 314 g/mol. The summed E-state index contributed by atoms with van der Waals surface area (Å²) < 4.78 is 14.4. The third-order valence-electron chi connectivity index (χ3n) is 4.36. The van der Waals surface area contributed by atoms with Crippen LogP contribution in [0.25, 0.3) is 0 Å². The molecule has 0 N–H and O–H groups in total. The van der Waals surface area contributed by atoms with Crippen LogP contribution in [-0.2, 0) is 22.4 Å². The summed E-state index contributed by atoms with van der Waals surface area (Å²) in [6, 6.07) is 6.72. The highest BCUT2D eigenvalue weighted by Gasteiger charge is 2.37. The van der Waals surface area contributed by atoms with Crippen LogP contribution in [0.4, 0.5) is 0 Å². The molecule has 4 nitrogen and oxygen atoms in total. The van der Waals surface area contributed by atoms with E-state index in [0.29, 0.717) is 6.54 Å². The first-order chi connectivity index (χ1) is 11.0. The zero-order valence-electron chi connectivity index (χ0n) is 14.3. The molecule has 1 aliphatic rings.